The summed E-state index contributed by atoms with van der Waals surface area (Å²) in [4.78, 5) is 205. The van der Waals surface area contributed by atoms with E-state index in [-0.39, 0.29) is 114 Å². The molecule has 0 unspecified atom stereocenters. The fourth-order valence-corrected chi connectivity index (χ4v) is 11.4. The highest BCUT2D eigenvalue weighted by Gasteiger charge is 2.37. The smallest absolute Gasteiger partial charge is 0.305 e. The number of aldehydes is 1. The van der Waals surface area contributed by atoms with E-state index in [4.69, 9.17) is 50.3 Å². The molecule has 2 rings (SSSR count). The maximum Gasteiger partial charge on any atom is 0.305 e. The highest BCUT2D eigenvalue weighted by atomic mass is 32.1. The van der Waals surface area contributed by atoms with Crippen LogP contribution in [0.25, 0.3) is 0 Å². The van der Waals surface area contributed by atoms with Crippen molar-refractivity contribution in [1.29, 1.82) is 21.6 Å². The van der Waals surface area contributed by atoms with Crippen LogP contribution in [-0.4, -0.2) is 241 Å². The summed E-state index contributed by atoms with van der Waals surface area (Å²) in [7, 11) is 0. The molecular weight excluding hydrogens is 1540 g/mol. The van der Waals surface area contributed by atoms with E-state index in [1.807, 2.05) is 0 Å². The number of guanidine groups is 4. The normalized spacial score (nSPS) is 14.2. The Morgan fingerprint density at radius 2 is 0.800 bits per heavy atom. The third kappa shape index (κ3) is 41.2. The van der Waals surface area contributed by atoms with Crippen molar-refractivity contribution in [3.63, 3.8) is 0 Å². The number of nitrogens with two attached hydrogens (primary N) is 5. The van der Waals surface area contributed by atoms with Crippen LogP contribution in [0, 0.1) is 33.5 Å². The fourth-order valence-electron chi connectivity index (χ4n) is 10.9. The molecule has 13 amide bonds. The molecule has 0 heterocycles. The summed E-state index contributed by atoms with van der Waals surface area (Å²) < 4.78 is 0. The third-order valence-corrected chi connectivity index (χ3v) is 18.1. The molecule has 44 heteroatoms. The fraction of sp³-hybridized carbons (Fsp3) is 0.563. The van der Waals surface area contributed by atoms with Crippen molar-refractivity contribution in [2.45, 2.75) is 191 Å². The van der Waals surface area contributed by atoms with Crippen molar-refractivity contribution < 1.29 is 77.0 Å². The number of benzene rings is 2. The van der Waals surface area contributed by atoms with Crippen LogP contribution in [0.15, 0.2) is 60.7 Å². The number of thiol groups is 2. The van der Waals surface area contributed by atoms with Crippen LogP contribution in [0.3, 0.4) is 0 Å². The van der Waals surface area contributed by atoms with E-state index in [2.05, 4.69) is 116 Å². The first-order valence-corrected chi connectivity index (χ1v) is 38.6. The standard InChI is InChI=1S/C71H116N26O16S2/c1-6-39(4)56(67(113)96-52(37-115)66(112)93-49(31-42-19-11-8-12-20-42)62(108)88-43(35-98)21-13-25-81-68(73)74)97-61(107)46(24-16-28-84-71(79)80)90-64(110)50(32-55(101)102)94-63(109)47(29-38(2)3)92-60(106)45(23-15-27-83-70(77)78)89-54(100)34-85-53(99)33-86-59(105)48(30-41-17-9-7-10-18-41)91-57(103)40(5)87-65(111)51(36-114)95-58(104)44(72)22-14-26-82-69(75)76/h7-12,17-20,35,38-40,43-52,56,114-115H,6,13-16,21-34,36-37,72H2,1-5H3,(H,85,99)(H,86,105)(H,87,111)(H,88,108)(H,89,100)(H,90,110)(H,91,103)(H,92,106)(H,93,112)(H,94,109)(H,95,104)(H,96,113)(H,97,107)(H,101,102)(H4,73,74,81)(H4,75,76,82)(H4,77,78,83)(H4,79,80,84)/t39-,40-,43-,44-,45-,46-,47-,48-,49-,50-,51-,52-,56-/m0/s1. The van der Waals surface area contributed by atoms with Crippen molar-refractivity contribution >= 4 is 138 Å². The Bertz CT molecular complexity index is 3610. The predicted molar refractivity (Wildman–Crippen MR) is 433 cm³/mol. The summed E-state index contributed by atoms with van der Waals surface area (Å²) in [6.45, 7) is 6.89. The zero-order valence-electron chi connectivity index (χ0n) is 65.1. The lowest BCUT2D eigenvalue weighted by atomic mass is 9.97. The second-order valence-corrected chi connectivity index (χ2v) is 28.1. The van der Waals surface area contributed by atoms with Gasteiger partial charge in [0.2, 0.25) is 76.8 Å². The number of carbonyl (C=O) groups is 15. The molecule has 0 spiro atoms. The molecule has 638 valence electrons. The van der Waals surface area contributed by atoms with Gasteiger partial charge < -0.3 is 129 Å². The van der Waals surface area contributed by atoms with Gasteiger partial charge in [0, 0.05) is 50.5 Å². The van der Waals surface area contributed by atoms with E-state index in [0.29, 0.717) is 30.3 Å². The van der Waals surface area contributed by atoms with Gasteiger partial charge in [-0.1, -0.05) is 94.8 Å². The minimum absolute atomic E-state index is 0.00630. The number of carboxylic acids is 1. The molecule has 0 saturated heterocycles. The Balaban J connectivity index is 2.36. The average molecular weight is 1650 g/mol. The summed E-state index contributed by atoms with van der Waals surface area (Å²) in [5.41, 5.74) is 28.8. The van der Waals surface area contributed by atoms with Crippen LogP contribution in [0.5, 0.6) is 0 Å². The molecule has 13 atom stereocenters. The molecule has 0 saturated carbocycles. The van der Waals surface area contributed by atoms with Crippen LogP contribution >= 0.6 is 25.3 Å². The first-order valence-electron chi connectivity index (χ1n) is 37.3. The van der Waals surface area contributed by atoms with E-state index in [1.165, 1.54) is 6.92 Å². The Labute approximate surface area is 677 Å². The molecule has 2 aromatic carbocycles. The van der Waals surface area contributed by atoms with Gasteiger partial charge in [-0.3, -0.25) is 88.8 Å². The van der Waals surface area contributed by atoms with Crippen molar-refractivity contribution in [2.75, 3.05) is 50.8 Å². The number of rotatable bonds is 55. The quantitative estimate of drug-likeness (QED) is 0.00962. The van der Waals surface area contributed by atoms with Crippen LogP contribution in [0.2, 0.25) is 0 Å². The van der Waals surface area contributed by atoms with Gasteiger partial charge in [0.15, 0.2) is 23.8 Å². The van der Waals surface area contributed by atoms with E-state index < -0.39 is 199 Å². The lowest BCUT2D eigenvalue weighted by Crippen LogP contribution is -2.61. The van der Waals surface area contributed by atoms with Crippen LogP contribution in [0.4, 0.5) is 0 Å². The van der Waals surface area contributed by atoms with Gasteiger partial charge in [-0.2, -0.15) is 25.3 Å². The molecule has 2 aromatic rings. The largest absolute Gasteiger partial charge is 0.481 e. The molecule has 0 aliphatic carbocycles. The molecule has 32 N–H and O–H groups in total. The van der Waals surface area contributed by atoms with E-state index in [9.17, 15) is 77.0 Å². The predicted octanol–water partition coefficient (Wildman–Crippen LogP) is -6.94. The topological polar surface area (TPSA) is 706 Å². The molecular formula is C71H116N26O16S2. The van der Waals surface area contributed by atoms with Crippen LogP contribution in [-0.2, 0) is 84.8 Å². The second kappa shape index (κ2) is 54.2. The molecule has 0 aliphatic heterocycles. The number of amides is 13. The van der Waals surface area contributed by atoms with Gasteiger partial charge in [0.05, 0.1) is 31.6 Å². The number of nitrogens with one attached hydrogen (secondary N) is 21. The Kier molecular flexibility index (Phi) is 46.9. The Morgan fingerprint density at radius 3 is 1.28 bits per heavy atom. The average Bonchev–Trinajstić information content (AvgIpc) is 0.850. The van der Waals surface area contributed by atoms with Crippen LogP contribution in [0.1, 0.15) is 116 Å². The third-order valence-electron chi connectivity index (χ3n) is 17.3. The lowest BCUT2D eigenvalue weighted by molar-refractivity contribution is -0.141. The summed E-state index contributed by atoms with van der Waals surface area (Å²) in [6, 6.07) is 0.241. The van der Waals surface area contributed by atoms with Crippen molar-refractivity contribution in [3.8, 4) is 0 Å². The Morgan fingerprint density at radius 1 is 0.417 bits per heavy atom. The number of aliphatic carboxylic acids is 1. The lowest BCUT2D eigenvalue weighted by Gasteiger charge is -2.29. The summed E-state index contributed by atoms with van der Waals surface area (Å²) >= 11 is 8.48. The van der Waals surface area contributed by atoms with E-state index in [0.717, 1.165) is 0 Å². The zero-order valence-corrected chi connectivity index (χ0v) is 66.9. The zero-order chi connectivity index (χ0) is 86.3. The number of carboxylic acid groups (broad SMARTS) is 1. The summed E-state index contributed by atoms with van der Waals surface area (Å²) in [5, 5.41) is 82.8. The minimum atomic E-state index is -1.97. The highest BCUT2D eigenvalue weighted by molar-refractivity contribution is 7.80. The van der Waals surface area contributed by atoms with E-state index in [1.54, 1.807) is 88.4 Å². The molecule has 42 nitrogen and oxygen atoms in total. The highest BCUT2D eigenvalue weighted by Crippen LogP contribution is 2.14. The van der Waals surface area contributed by atoms with Gasteiger partial charge >= 0.3 is 5.97 Å². The maximum absolute atomic E-state index is 14.5. The Hall–Kier alpha value is -11.6. The van der Waals surface area contributed by atoms with Gasteiger partial charge in [-0.25, -0.2) is 0 Å². The number of hydrogen-bond acceptors (Lipinski definition) is 22. The van der Waals surface area contributed by atoms with Crippen molar-refractivity contribution in [1.82, 2.24) is 90.4 Å². The van der Waals surface area contributed by atoms with Gasteiger partial charge in [0.25, 0.3) is 0 Å². The summed E-state index contributed by atoms with van der Waals surface area (Å²) in [5.74, 6) is -16.5. The molecule has 115 heavy (non-hydrogen) atoms. The molecule has 0 bridgehead atoms. The van der Waals surface area contributed by atoms with Crippen molar-refractivity contribution in [3.05, 3.63) is 71.8 Å². The monoisotopic (exact) mass is 1650 g/mol. The maximum atomic E-state index is 14.5. The number of carbonyl (C=O) groups excluding carboxylic acids is 14. The first kappa shape index (κ1) is 99.5. The summed E-state index contributed by atoms with van der Waals surface area (Å²) in [6.07, 6.45) is 0.00111. The molecule has 0 aliphatic rings. The van der Waals surface area contributed by atoms with Gasteiger partial charge in [0.1, 0.15) is 66.7 Å². The molecule has 0 fully saturated rings. The first-order chi connectivity index (χ1) is 54.4. The van der Waals surface area contributed by atoms with Crippen LogP contribution < -0.4 is 119 Å². The van der Waals surface area contributed by atoms with Crippen molar-refractivity contribution in [2.24, 2.45) is 40.5 Å². The van der Waals surface area contributed by atoms with Gasteiger partial charge in [-0.05, 0) is 87.7 Å². The number of hydrogen-bond donors (Lipinski definition) is 29. The minimum Gasteiger partial charge on any atom is -0.481 e. The second-order valence-electron chi connectivity index (χ2n) is 27.4. The molecule has 0 radical (unpaired) electrons. The SMILES string of the molecule is CC[C@H](C)[C@H](NC(=O)[C@H](CCCNC(=N)N)NC(=O)[C@H](CC(=O)O)NC(=O)[C@H](CC(C)C)NC(=O)[C@H](CCCNC(=N)N)NC(=O)CNC(=O)CNC(=O)[C@H](Cc1ccccc1)NC(=O)[C@H](C)NC(=O)[C@H](CS)NC(=O)[C@@H](N)CCCNC(=N)N)C(=O)N[C@@H](CS)C(=O)N[C@@H](Cc1ccccc1)C(=O)N[C@H](C=O)CCCNC(=N)N. The van der Waals surface area contributed by atoms with E-state index >= 15 is 0 Å². The molecule has 0 aromatic heterocycles. The van der Waals surface area contributed by atoms with Gasteiger partial charge in [-0.15, -0.1) is 0 Å².